The zero-order chi connectivity index (χ0) is 17.4. The van der Waals surface area contributed by atoms with Crippen LogP contribution in [0.3, 0.4) is 0 Å². The molecule has 0 amide bonds. The van der Waals surface area contributed by atoms with E-state index in [0.29, 0.717) is 12.5 Å². The third kappa shape index (κ3) is 5.96. The van der Waals surface area contributed by atoms with Gasteiger partial charge in [0.2, 0.25) is 0 Å². The molecule has 0 saturated heterocycles. The molecule has 0 N–H and O–H groups in total. The molecular formula is C19H28ClNO2S. The van der Waals surface area contributed by atoms with Gasteiger partial charge in [-0.3, -0.25) is 9.78 Å². The Balaban J connectivity index is 1.93. The number of ether oxygens (including phenoxy) is 1. The molecule has 0 spiro atoms. The van der Waals surface area contributed by atoms with Gasteiger partial charge in [0.1, 0.15) is 0 Å². The Morgan fingerprint density at radius 1 is 1.38 bits per heavy atom. The van der Waals surface area contributed by atoms with Crippen molar-refractivity contribution in [3.63, 3.8) is 0 Å². The summed E-state index contributed by atoms with van der Waals surface area (Å²) in [7, 11) is 0. The second kappa shape index (κ2) is 10.3. The van der Waals surface area contributed by atoms with Crippen molar-refractivity contribution in [1.82, 2.24) is 4.98 Å². The first-order valence-corrected chi connectivity index (χ1v) is 10.5. The number of aromatic nitrogens is 1. The van der Waals surface area contributed by atoms with E-state index in [1.807, 2.05) is 19.2 Å². The van der Waals surface area contributed by atoms with Gasteiger partial charge in [-0.1, -0.05) is 44.2 Å². The van der Waals surface area contributed by atoms with Gasteiger partial charge in [0.15, 0.2) is 0 Å². The van der Waals surface area contributed by atoms with E-state index < -0.39 is 0 Å². The van der Waals surface area contributed by atoms with Crippen molar-refractivity contribution in [3.05, 3.63) is 23.0 Å². The third-order valence-electron chi connectivity index (χ3n) is 4.31. The van der Waals surface area contributed by atoms with Gasteiger partial charge in [0.05, 0.1) is 23.2 Å². The summed E-state index contributed by atoms with van der Waals surface area (Å²) in [6, 6.07) is 1.96. The second-order valence-corrected chi connectivity index (χ2v) is 7.83. The number of unbranched alkanes of at least 4 members (excludes halogenated alkanes) is 3. The average Bonchev–Trinajstić information content (AvgIpc) is 3.40. The van der Waals surface area contributed by atoms with E-state index in [1.54, 1.807) is 11.8 Å². The van der Waals surface area contributed by atoms with Crippen molar-refractivity contribution in [3.8, 4) is 0 Å². The second-order valence-electron chi connectivity index (χ2n) is 6.39. The lowest BCUT2D eigenvalue weighted by Gasteiger charge is -2.16. The molecule has 5 heteroatoms. The average molecular weight is 370 g/mol. The third-order valence-corrected chi connectivity index (χ3v) is 6.04. The Bertz CT molecular complexity index is 534. The predicted molar refractivity (Wildman–Crippen MR) is 101 cm³/mol. The zero-order valence-corrected chi connectivity index (χ0v) is 16.3. The molecule has 0 radical (unpaired) electrons. The molecule has 0 bridgehead atoms. The van der Waals surface area contributed by atoms with Crippen molar-refractivity contribution in [2.24, 2.45) is 5.92 Å². The van der Waals surface area contributed by atoms with E-state index in [1.165, 1.54) is 32.1 Å². The first-order valence-electron chi connectivity index (χ1n) is 9.11. The Kier molecular flexibility index (Phi) is 8.40. The molecule has 1 atom stereocenters. The van der Waals surface area contributed by atoms with Gasteiger partial charge in [-0.15, -0.1) is 11.8 Å². The highest BCUT2D eigenvalue weighted by atomic mass is 35.5. The molecule has 1 aromatic rings. The summed E-state index contributed by atoms with van der Waals surface area (Å²) in [4.78, 5) is 17.7. The summed E-state index contributed by atoms with van der Waals surface area (Å²) in [5, 5.41) is 0.776. The van der Waals surface area contributed by atoms with Gasteiger partial charge >= 0.3 is 5.97 Å². The van der Waals surface area contributed by atoms with E-state index >= 15 is 0 Å². The number of esters is 1. The maximum absolute atomic E-state index is 12.2. The highest BCUT2D eigenvalue weighted by molar-refractivity contribution is 7.99. The molecule has 1 aromatic heterocycles. The summed E-state index contributed by atoms with van der Waals surface area (Å²) in [5.41, 5.74) is 1.03. The lowest BCUT2D eigenvalue weighted by Crippen LogP contribution is -2.20. The minimum atomic E-state index is -0.0749. The molecule has 1 unspecified atom stereocenters. The molecule has 1 heterocycles. The Morgan fingerprint density at radius 3 is 2.83 bits per heavy atom. The van der Waals surface area contributed by atoms with Crippen molar-refractivity contribution in [1.29, 1.82) is 0 Å². The van der Waals surface area contributed by atoms with Crippen LogP contribution in [0.4, 0.5) is 0 Å². The molecule has 1 aliphatic rings. The minimum Gasteiger partial charge on any atom is -0.466 e. The van der Waals surface area contributed by atoms with E-state index in [4.69, 9.17) is 16.3 Å². The smallest absolute Gasteiger partial charge is 0.309 e. The summed E-state index contributed by atoms with van der Waals surface area (Å²) in [6.45, 7) is 4.50. The normalized spacial score (nSPS) is 15.3. The Morgan fingerprint density at radius 2 is 2.17 bits per heavy atom. The fourth-order valence-corrected chi connectivity index (χ4v) is 4.23. The Hall–Kier alpha value is -0.740. The number of thioether (sulfide) groups is 1. The van der Waals surface area contributed by atoms with E-state index in [9.17, 15) is 4.79 Å². The zero-order valence-electron chi connectivity index (χ0n) is 14.7. The number of rotatable bonds is 11. The van der Waals surface area contributed by atoms with Crippen LogP contribution in [0.5, 0.6) is 0 Å². The highest BCUT2D eigenvalue weighted by Gasteiger charge is 2.28. The SMILES string of the molecule is CCCCCCC(CSc1ccnc(C2CC2)c1Cl)C(=O)OCC. The number of halogens is 1. The molecule has 24 heavy (non-hydrogen) atoms. The van der Waals surface area contributed by atoms with Crippen molar-refractivity contribution in [2.45, 2.75) is 69.6 Å². The molecule has 134 valence electrons. The molecule has 1 fully saturated rings. The standard InChI is InChI=1S/C19H28ClNO2S/c1-3-5-6-7-8-15(19(22)23-4-2)13-24-16-11-12-21-18(17(16)20)14-9-10-14/h11-12,14-15H,3-10,13H2,1-2H3. The van der Waals surface area contributed by atoms with Crippen LogP contribution in [0, 0.1) is 5.92 Å². The van der Waals surface area contributed by atoms with Crippen LogP contribution >= 0.6 is 23.4 Å². The maximum atomic E-state index is 12.2. The fourth-order valence-electron chi connectivity index (χ4n) is 2.73. The number of carbonyl (C=O) groups is 1. The summed E-state index contributed by atoms with van der Waals surface area (Å²) < 4.78 is 5.25. The summed E-state index contributed by atoms with van der Waals surface area (Å²) >= 11 is 8.17. The molecule has 2 rings (SSSR count). The van der Waals surface area contributed by atoms with Crippen LogP contribution in [-0.2, 0) is 9.53 Å². The van der Waals surface area contributed by atoms with E-state index in [2.05, 4.69) is 11.9 Å². The van der Waals surface area contributed by atoms with Crippen LogP contribution < -0.4 is 0 Å². The topological polar surface area (TPSA) is 39.2 Å². The van der Waals surface area contributed by atoms with E-state index in [-0.39, 0.29) is 11.9 Å². The Labute approximate surface area is 154 Å². The first kappa shape index (κ1) is 19.6. The molecule has 1 aliphatic carbocycles. The largest absolute Gasteiger partial charge is 0.466 e. The van der Waals surface area contributed by atoms with Gasteiger partial charge in [0, 0.05) is 22.8 Å². The van der Waals surface area contributed by atoms with Crippen molar-refractivity contribution < 1.29 is 9.53 Å². The van der Waals surface area contributed by atoms with Gasteiger partial charge in [-0.05, 0) is 32.3 Å². The van der Waals surface area contributed by atoms with Crippen LogP contribution in [0.25, 0.3) is 0 Å². The van der Waals surface area contributed by atoms with Gasteiger partial charge < -0.3 is 4.74 Å². The molecule has 3 nitrogen and oxygen atoms in total. The lowest BCUT2D eigenvalue weighted by molar-refractivity contribution is -0.147. The number of nitrogens with zero attached hydrogens (tertiary/aromatic N) is 1. The minimum absolute atomic E-state index is 0.0552. The van der Waals surface area contributed by atoms with Gasteiger partial charge in [-0.25, -0.2) is 0 Å². The summed E-state index contributed by atoms with van der Waals surface area (Å²) in [5.74, 6) is 1.13. The molecular weight excluding hydrogens is 342 g/mol. The fraction of sp³-hybridized carbons (Fsp3) is 0.684. The van der Waals surface area contributed by atoms with Crippen LogP contribution in [0.15, 0.2) is 17.2 Å². The van der Waals surface area contributed by atoms with Crippen molar-refractivity contribution >= 4 is 29.3 Å². The molecule has 0 aromatic carbocycles. The summed E-state index contributed by atoms with van der Waals surface area (Å²) in [6.07, 6.45) is 9.78. The van der Waals surface area contributed by atoms with Gasteiger partial charge in [0.25, 0.3) is 0 Å². The highest BCUT2D eigenvalue weighted by Crippen LogP contribution is 2.44. The van der Waals surface area contributed by atoms with Crippen LogP contribution in [-0.4, -0.2) is 23.3 Å². The monoisotopic (exact) mass is 369 g/mol. The number of pyridine rings is 1. The number of hydrogen-bond acceptors (Lipinski definition) is 4. The number of carbonyl (C=O) groups excluding carboxylic acids is 1. The first-order chi connectivity index (χ1) is 11.7. The van der Waals surface area contributed by atoms with E-state index in [0.717, 1.165) is 34.2 Å². The van der Waals surface area contributed by atoms with Crippen molar-refractivity contribution in [2.75, 3.05) is 12.4 Å². The molecule has 1 saturated carbocycles. The number of hydrogen-bond donors (Lipinski definition) is 0. The lowest BCUT2D eigenvalue weighted by atomic mass is 10.0. The maximum Gasteiger partial charge on any atom is 0.309 e. The van der Waals surface area contributed by atoms with Crippen LogP contribution in [0.2, 0.25) is 5.02 Å². The van der Waals surface area contributed by atoms with Gasteiger partial charge in [-0.2, -0.15) is 0 Å². The quantitative estimate of drug-likeness (QED) is 0.278. The van der Waals surface area contributed by atoms with Crippen LogP contribution in [0.1, 0.15) is 70.4 Å². The molecule has 0 aliphatic heterocycles. The predicted octanol–water partition coefficient (Wildman–Crippen LogP) is 5.85.